The Balaban J connectivity index is 1.54. The topological polar surface area (TPSA) is 28.4 Å². The summed E-state index contributed by atoms with van der Waals surface area (Å²) in [6.07, 6.45) is 3.96. The Kier molecular flexibility index (Phi) is 4.38. The van der Waals surface area contributed by atoms with Gasteiger partial charge in [-0.1, -0.05) is 18.2 Å². The Bertz CT molecular complexity index is 508. The summed E-state index contributed by atoms with van der Waals surface area (Å²) < 4.78 is 5.91. The number of benzene rings is 1. The number of para-hydroxylation sites is 1. The first-order valence-corrected chi connectivity index (χ1v) is 7.69. The SMILES string of the molecule is CNCCC1CCN(Cc2cc3ccccc3o2)CC1. The molecule has 0 spiro atoms. The molecule has 20 heavy (non-hydrogen) atoms. The molecule has 1 aromatic heterocycles. The minimum absolute atomic E-state index is 0.898. The first-order chi connectivity index (χ1) is 9.85. The van der Waals surface area contributed by atoms with E-state index in [0.29, 0.717) is 0 Å². The maximum atomic E-state index is 5.91. The summed E-state index contributed by atoms with van der Waals surface area (Å²) in [4.78, 5) is 2.52. The second-order valence-corrected chi connectivity index (χ2v) is 5.86. The highest BCUT2D eigenvalue weighted by Gasteiger charge is 2.19. The molecule has 2 heterocycles. The second kappa shape index (κ2) is 6.42. The van der Waals surface area contributed by atoms with Crippen LogP contribution in [-0.2, 0) is 6.54 Å². The minimum atomic E-state index is 0.898. The molecule has 2 aromatic rings. The van der Waals surface area contributed by atoms with Crippen molar-refractivity contribution in [3.8, 4) is 0 Å². The average molecular weight is 272 g/mol. The quantitative estimate of drug-likeness (QED) is 0.905. The zero-order chi connectivity index (χ0) is 13.8. The number of hydrogen-bond donors (Lipinski definition) is 1. The van der Waals surface area contributed by atoms with Crippen molar-refractivity contribution in [2.75, 3.05) is 26.7 Å². The fourth-order valence-electron chi connectivity index (χ4n) is 3.12. The van der Waals surface area contributed by atoms with Crippen molar-refractivity contribution in [2.45, 2.75) is 25.8 Å². The van der Waals surface area contributed by atoms with Gasteiger partial charge in [0.1, 0.15) is 11.3 Å². The number of hydrogen-bond acceptors (Lipinski definition) is 3. The number of fused-ring (bicyclic) bond motifs is 1. The van der Waals surface area contributed by atoms with Crippen LogP contribution >= 0.6 is 0 Å². The van der Waals surface area contributed by atoms with E-state index in [9.17, 15) is 0 Å². The summed E-state index contributed by atoms with van der Waals surface area (Å²) in [6, 6.07) is 10.4. The monoisotopic (exact) mass is 272 g/mol. The van der Waals surface area contributed by atoms with Crippen molar-refractivity contribution < 1.29 is 4.42 Å². The predicted octanol–water partition coefficient (Wildman–Crippen LogP) is 3.25. The molecule has 1 N–H and O–H groups in total. The van der Waals surface area contributed by atoms with Crippen molar-refractivity contribution in [1.82, 2.24) is 10.2 Å². The fourth-order valence-corrected chi connectivity index (χ4v) is 3.12. The lowest BCUT2D eigenvalue weighted by molar-refractivity contribution is 0.163. The van der Waals surface area contributed by atoms with Crippen LogP contribution in [0.25, 0.3) is 11.0 Å². The van der Waals surface area contributed by atoms with Gasteiger partial charge in [-0.2, -0.15) is 0 Å². The molecule has 0 aliphatic carbocycles. The van der Waals surface area contributed by atoms with Gasteiger partial charge in [0.05, 0.1) is 6.54 Å². The van der Waals surface area contributed by atoms with Gasteiger partial charge >= 0.3 is 0 Å². The number of rotatable bonds is 5. The van der Waals surface area contributed by atoms with E-state index < -0.39 is 0 Å². The highest BCUT2D eigenvalue weighted by atomic mass is 16.3. The summed E-state index contributed by atoms with van der Waals surface area (Å²) in [7, 11) is 2.04. The molecule has 0 unspecified atom stereocenters. The molecule has 108 valence electrons. The standard InChI is InChI=1S/C17H24N2O/c1-18-9-6-14-7-10-19(11-8-14)13-16-12-15-4-2-3-5-17(15)20-16/h2-5,12,14,18H,6-11,13H2,1H3. The lowest BCUT2D eigenvalue weighted by Gasteiger charge is -2.31. The summed E-state index contributed by atoms with van der Waals surface area (Å²) in [5, 5.41) is 4.47. The molecule has 1 aliphatic rings. The lowest BCUT2D eigenvalue weighted by Crippen LogP contribution is -2.33. The number of piperidine rings is 1. The molecular formula is C17H24N2O. The number of furan rings is 1. The van der Waals surface area contributed by atoms with Gasteiger partial charge in [-0.25, -0.2) is 0 Å². The van der Waals surface area contributed by atoms with Crippen molar-refractivity contribution >= 4 is 11.0 Å². The normalized spacial score (nSPS) is 17.9. The van der Waals surface area contributed by atoms with E-state index in [4.69, 9.17) is 4.42 Å². The van der Waals surface area contributed by atoms with E-state index in [1.165, 1.54) is 37.7 Å². The molecule has 1 aromatic carbocycles. The highest BCUT2D eigenvalue weighted by Crippen LogP contribution is 2.24. The van der Waals surface area contributed by atoms with Gasteiger partial charge in [0.25, 0.3) is 0 Å². The van der Waals surface area contributed by atoms with Crippen LogP contribution in [-0.4, -0.2) is 31.6 Å². The third-order valence-electron chi connectivity index (χ3n) is 4.37. The molecule has 3 rings (SSSR count). The maximum Gasteiger partial charge on any atom is 0.134 e. The zero-order valence-electron chi connectivity index (χ0n) is 12.3. The highest BCUT2D eigenvalue weighted by molar-refractivity contribution is 5.77. The van der Waals surface area contributed by atoms with E-state index >= 15 is 0 Å². The average Bonchev–Trinajstić information content (AvgIpc) is 2.89. The summed E-state index contributed by atoms with van der Waals surface area (Å²) in [5.74, 6) is 1.99. The smallest absolute Gasteiger partial charge is 0.134 e. The van der Waals surface area contributed by atoms with Crippen molar-refractivity contribution in [3.63, 3.8) is 0 Å². The molecule has 0 radical (unpaired) electrons. The number of nitrogens with one attached hydrogen (secondary N) is 1. The lowest BCUT2D eigenvalue weighted by atomic mass is 9.93. The van der Waals surface area contributed by atoms with Crippen molar-refractivity contribution in [2.24, 2.45) is 5.92 Å². The van der Waals surface area contributed by atoms with E-state index in [2.05, 4.69) is 28.4 Å². The Morgan fingerprint density at radius 1 is 1.25 bits per heavy atom. The van der Waals surface area contributed by atoms with Gasteiger partial charge in [-0.15, -0.1) is 0 Å². The van der Waals surface area contributed by atoms with Crippen LogP contribution < -0.4 is 5.32 Å². The molecule has 3 nitrogen and oxygen atoms in total. The van der Waals surface area contributed by atoms with E-state index in [1.807, 2.05) is 19.2 Å². The van der Waals surface area contributed by atoms with Crippen LogP contribution in [0.4, 0.5) is 0 Å². The molecule has 1 fully saturated rings. The van der Waals surface area contributed by atoms with Gasteiger partial charge in [-0.05, 0) is 64.0 Å². The molecule has 0 amide bonds. The van der Waals surface area contributed by atoms with Crippen LogP contribution in [0.3, 0.4) is 0 Å². The molecule has 3 heteroatoms. The van der Waals surface area contributed by atoms with E-state index in [0.717, 1.165) is 30.4 Å². The number of nitrogens with zero attached hydrogens (tertiary/aromatic N) is 1. The van der Waals surface area contributed by atoms with Gasteiger partial charge in [-0.3, -0.25) is 4.90 Å². The summed E-state index contributed by atoms with van der Waals surface area (Å²) >= 11 is 0. The minimum Gasteiger partial charge on any atom is -0.460 e. The first-order valence-electron chi connectivity index (χ1n) is 7.69. The van der Waals surface area contributed by atoms with Gasteiger partial charge in [0.2, 0.25) is 0 Å². The van der Waals surface area contributed by atoms with E-state index in [1.54, 1.807) is 0 Å². The molecule has 0 bridgehead atoms. The Morgan fingerprint density at radius 2 is 2.05 bits per heavy atom. The van der Waals surface area contributed by atoms with Gasteiger partial charge in [0, 0.05) is 5.39 Å². The van der Waals surface area contributed by atoms with Crippen LogP contribution in [0.1, 0.15) is 25.0 Å². The molecule has 1 aliphatic heterocycles. The summed E-state index contributed by atoms with van der Waals surface area (Å²) in [5.41, 5.74) is 1.01. The van der Waals surface area contributed by atoms with Crippen molar-refractivity contribution in [1.29, 1.82) is 0 Å². The molecule has 1 saturated heterocycles. The molecular weight excluding hydrogens is 248 g/mol. The number of likely N-dealkylation sites (tertiary alicyclic amines) is 1. The fraction of sp³-hybridized carbons (Fsp3) is 0.529. The van der Waals surface area contributed by atoms with Crippen LogP contribution in [0.15, 0.2) is 34.7 Å². The third kappa shape index (κ3) is 3.22. The third-order valence-corrected chi connectivity index (χ3v) is 4.37. The van der Waals surface area contributed by atoms with Crippen LogP contribution in [0.2, 0.25) is 0 Å². The Labute approximate surface area is 120 Å². The zero-order valence-corrected chi connectivity index (χ0v) is 12.3. The summed E-state index contributed by atoms with van der Waals surface area (Å²) in [6.45, 7) is 4.50. The molecule has 0 saturated carbocycles. The first kappa shape index (κ1) is 13.7. The molecule has 0 atom stereocenters. The van der Waals surface area contributed by atoms with Gasteiger partial charge < -0.3 is 9.73 Å². The second-order valence-electron chi connectivity index (χ2n) is 5.86. The Hall–Kier alpha value is -1.32. The van der Waals surface area contributed by atoms with Crippen LogP contribution in [0, 0.1) is 5.92 Å². The van der Waals surface area contributed by atoms with Gasteiger partial charge in [0.15, 0.2) is 0 Å². The predicted molar refractivity (Wildman–Crippen MR) is 82.8 cm³/mol. The van der Waals surface area contributed by atoms with E-state index in [-0.39, 0.29) is 0 Å². The van der Waals surface area contributed by atoms with Crippen LogP contribution in [0.5, 0.6) is 0 Å². The maximum absolute atomic E-state index is 5.91. The van der Waals surface area contributed by atoms with Crippen molar-refractivity contribution in [3.05, 3.63) is 36.1 Å². The Morgan fingerprint density at radius 3 is 2.80 bits per heavy atom. The largest absolute Gasteiger partial charge is 0.460 e.